The van der Waals surface area contributed by atoms with E-state index in [0.717, 1.165) is 12.8 Å². The SMILES string of the molecule is CCOc1c(Cl)cc(C(=O)NC(C)CCC(C)C)cc1OC. The lowest BCUT2D eigenvalue weighted by atomic mass is 10.0. The number of nitrogens with one attached hydrogen (secondary N) is 1. The topological polar surface area (TPSA) is 47.6 Å². The van der Waals surface area contributed by atoms with Crippen molar-refractivity contribution < 1.29 is 14.3 Å². The Labute approximate surface area is 138 Å². The van der Waals surface area contributed by atoms with Crippen molar-refractivity contribution in [3.63, 3.8) is 0 Å². The highest BCUT2D eigenvalue weighted by atomic mass is 35.5. The molecule has 0 aliphatic rings. The largest absolute Gasteiger partial charge is 0.493 e. The molecule has 0 heterocycles. The monoisotopic (exact) mass is 327 g/mol. The highest BCUT2D eigenvalue weighted by Crippen LogP contribution is 2.36. The Bertz CT molecular complexity index is 503. The van der Waals surface area contributed by atoms with Gasteiger partial charge in [0.15, 0.2) is 11.5 Å². The van der Waals surface area contributed by atoms with Crippen molar-refractivity contribution in [2.75, 3.05) is 13.7 Å². The van der Waals surface area contributed by atoms with Crippen molar-refractivity contribution in [1.82, 2.24) is 5.32 Å². The molecule has 0 spiro atoms. The molecule has 1 aromatic carbocycles. The first-order valence-electron chi connectivity index (χ1n) is 7.70. The van der Waals surface area contributed by atoms with Crippen LogP contribution in [0.15, 0.2) is 12.1 Å². The lowest BCUT2D eigenvalue weighted by molar-refractivity contribution is 0.0937. The van der Waals surface area contributed by atoms with Gasteiger partial charge < -0.3 is 14.8 Å². The minimum Gasteiger partial charge on any atom is -0.493 e. The van der Waals surface area contributed by atoms with E-state index in [2.05, 4.69) is 19.2 Å². The summed E-state index contributed by atoms with van der Waals surface area (Å²) in [6.07, 6.45) is 2.03. The van der Waals surface area contributed by atoms with E-state index in [0.29, 0.717) is 34.6 Å². The van der Waals surface area contributed by atoms with Crippen molar-refractivity contribution >= 4 is 17.5 Å². The molecule has 0 aliphatic heterocycles. The molecule has 0 saturated carbocycles. The van der Waals surface area contributed by atoms with E-state index in [9.17, 15) is 4.79 Å². The number of carbonyl (C=O) groups is 1. The Hall–Kier alpha value is -1.42. The molecule has 1 aromatic rings. The molecule has 0 aliphatic carbocycles. The number of benzene rings is 1. The summed E-state index contributed by atoms with van der Waals surface area (Å²) in [5.41, 5.74) is 0.474. The van der Waals surface area contributed by atoms with Crippen molar-refractivity contribution in [3.05, 3.63) is 22.7 Å². The van der Waals surface area contributed by atoms with Crippen LogP contribution < -0.4 is 14.8 Å². The van der Waals surface area contributed by atoms with Gasteiger partial charge in [-0.25, -0.2) is 0 Å². The zero-order valence-electron chi connectivity index (χ0n) is 14.0. The second kappa shape index (κ2) is 8.89. The van der Waals surface area contributed by atoms with Crippen LogP contribution in [0.1, 0.15) is 50.9 Å². The van der Waals surface area contributed by atoms with Gasteiger partial charge in [0.2, 0.25) is 0 Å². The summed E-state index contributed by atoms with van der Waals surface area (Å²) >= 11 is 6.19. The van der Waals surface area contributed by atoms with Gasteiger partial charge in [0.05, 0.1) is 18.7 Å². The number of rotatable bonds is 8. The molecule has 0 bridgehead atoms. The maximum absolute atomic E-state index is 12.3. The average Bonchev–Trinajstić information content (AvgIpc) is 2.46. The Kier molecular flexibility index (Phi) is 7.52. The highest BCUT2D eigenvalue weighted by Gasteiger charge is 2.17. The zero-order valence-corrected chi connectivity index (χ0v) is 14.8. The van der Waals surface area contributed by atoms with Crippen LogP contribution in [0, 0.1) is 5.92 Å². The molecule has 22 heavy (non-hydrogen) atoms. The quantitative estimate of drug-likeness (QED) is 0.774. The second-order valence-corrected chi connectivity index (χ2v) is 6.18. The summed E-state index contributed by atoms with van der Waals surface area (Å²) in [4.78, 5) is 12.3. The van der Waals surface area contributed by atoms with Crippen LogP contribution in [0.2, 0.25) is 5.02 Å². The Morgan fingerprint density at radius 2 is 1.95 bits per heavy atom. The number of halogens is 1. The number of hydrogen-bond donors (Lipinski definition) is 1. The molecule has 0 saturated heterocycles. The van der Waals surface area contributed by atoms with Gasteiger partial charge in [-0.15, -0.1) is 0 Å². The number of ether oxygens (including phenoxy) is 2. The predicted molar refractivity (Wildman–Crippen MR) is 90.2 cm³/mol. The molecule has 0 aromatic heterocycles. The fourth-order valence-corrected chi connectivity index (χ4v) is 2.36. The minimum absolute atomic E-state index is 0.117. The number of amides is 1. The minimum atomic E-state index is -0.153. The van der Waals surface area contributed by atoms with Gasteiger partial charge in [0.25, 0.3) is 5.91 Å². The van der Waals surface area contributed by atoms with E-state index in [1.54, 1.807) is 12.1 Å². The van der Waals surface area contributed by atoms with Crippen molar-refractivity contribution in [2.45, 2.75) is 46.6 Å². The van der Waals surface area contributed by atoms with Gasteiger partial charge >= 0.3 is 0 Å². The fraction of sp³-hybridized carbons (Fsp3) is 0.588. The van der Waals surface area contributed by atoms with Crippen LogP contribution in [0.5, 0.6) is 11.5 Å². The molecular weight excluding hydrogens is 302 g/mol. The van der Waals surface area contributed by atoms with Gasteiger partial charge in [-0.05, 0) is 44.7 Å². The van der Waals surface area contributed by atoms with Crippen LogP contribution in [-0.4, -0.2) is 25.7 Å². The first-order chi connectivity index (χ1) is 10.4. The summed E-state index contributed by atoms with van der Waals surface area (Å²) < 4.78 is 10.7. The summed E-state index contributed by atoms with van der Waals surface area (Å²) in [6.45, 7) is 8.70. The molecule has 1 amide bonds. The number of methoxy groups -OCH3 is 1. The van der Waals surface area contributed by atoms with Crippen LogP contribution in [0.4, 0.5) is 0 Å². The van der Waals surface area contributed by atoms with Gasteiger partial charge in [-0.3, -0.25) is 4.79 Å². The Morgan fingerprint density at radius 3 is 2.50 bits per heavy atom. The third kappa shape index (κ3) is 5.41. The summed E-state index contributed by atoms with van der Waals surface area (Å²) in [6, 6.07) is 3.38. The molecule has 1 N–H and O–H groups in total. The second-order valence-electron chi connectivity index (χ2n) is 5.77. The number of hydrogen-bond acceptors (Lipinski definition) is 3. The summed E-state index contributed by atoms with van der Waals surface area (Å²) in [5, 5.41) is 3.36. The smallest absolute Gasteiger partial charge is 0.251 e. The lowest BCUT2D eigenvalue weighted by Crippen LogP contribution is -2.32. The van der Waals surface area contributed by atoms with E-state index in [1.165, 1.54) is 7.11 Å². The molecular formula is C17H26ClNO3. The summed E-state index contributed by atoms with van der Waals surface area (Å²) in [7, 11) is 1.53. The molecule has 124 valence electrons. The lowest BCUT2D eigenvalue weighted by Gasteiger charge is -2.17. The van der Waals surface area contributed by atoms with Crippen LogP contribution in [-0.2, 0) is 0 Å². The first-order valence-corrected chi connectivity index (χ1v) is 8.08. The van der Waals surface area contributed by atoms with Crippen molar-refractivity contribution in [2.24, 2.45) is 5.92 Å². The third-order valence-electron chi connectivity index (χ3n) is 3.33. The molecule has 1 rings (SSSR count). The molecule has 5 heteroatoms. The third-order valence-corrected chi connectivity index (χ3v) is 3.62. The van der Waals surface area contributed by atoms with Crippen LogP contribution in [0.25, 0.3) is 0 Å². The Morgan fingerprint density at radius 1 is 1.27 bits per heavy atom. The van der Waals surface area contributed by atoms with Gasteiger partial charge in [0.1, 0.15) is 0 Å². The highest BCUT2D eigenvalue weighted by molar-refractivity contribution is 6.32. The van der Waals surface area contributed by atoms with Gasteiger partial charge in [-0.1, -0.05) is 25.4 Å². The van der Waals surface area contributed by atoms with E-state index >= 15 is 0 Å². The normalized spacial score (nSPS) is 12.1. The maximum atomic E-state index is 12.3. The zero-order chi connectivity index (χ0) is 16.7. The van der Waals surface area contributed by atoms with Crippen molar-refractivity contribution in [3.8, 4) is 11.5 Å². The van der Waals surface area contributed by atoms with E-state index in [4.69, 9.17) is 21.1 Å². The van der Waals surface area contributed by atoms with E-state index in [1.807, 2.05) is 13.8 Å². The van der Waals surface area contributed by atoms with Gasteiger partial charge in [-0.2, -0.15) is 0 Å². The predicted octanol–water partition coefficient (Wildman–Crippen LogP) is 4.30. The van der Waals surface area contributed by atoms with Gasteiger partial charge in [0, 0.05) is 11.6 Å². The molecule has 0 radical (unpaired) electrons. The molecule has 1 unspecified atom stereocenters. The van der Waals surface area contributed by atoms with Crippen LogP contribution in [0.3, 0.4) is 0 Å². The van der Waals surface area contributed by atoms with E-state index < -0.39 is 0 Å². The van der Waals surface area contributed by atoms with Crippen LogP contribution >= 0.6 is 11.6 Å². The fourth-order valence-electron chi connectivity index (χ4n) is 2.10. The molecule has 1 atom stereocenters. The first kappa shape index (κ1) is 18.6. The molecule has 4 nitrogen and oxygen atoms in total. The maximum Gasteiger partial charge on any atom is 0.251 e. The molecule has 0 fully saturated rings. The average molecular weight is 328 g/mol. The number of carbonyl (C=O) groups excluding carboxylic acids is 1. The van der Waals surface area contributed by atoms with E-state index in [-0.39, 0.29) is 11.9 Å². The van der Waals surface area contributed by atoms with Crippen molar-refractivity contribution in [1.29, 1.82) is 0 Å². The Balaban J connectivity index is 2.83. The standard InChI is InChI=1S/C17H26ClNO3/c1-6-22-16-14(18)9-13(10-15(16)21-5)17(20)19-12(4)8-7-11(2)3/h9-12H,6-8H2,1-5H3,(H,19,20). The summed E-state index contributed by atoms with van der Waals surface area (Å²) in [5.74, 6) is 1.41.